The van der Waals surface area contributed by atoms with Gasteiger partial charge < -0.3 is 18.6 Å². The Bertz CT molecular complexity index is 1820. The zero-order valence-electron chi connectivity index (χ0n) is 21.7. The maximum absolute atomic E-state index is 12.8. The summed E-state index contributed by atoms with van der Waals surface area (Å²) in [6.07, 6.45) is 3.26. The Balaban J connectivity index is 1.27. The third kappa shape index (κ3) is 6.00. The van der Waals surface area contributed by atoms with Crippen molar-refractivity contribution in [1.29, 1.82) is 0 Å². The Morgan fingerprint density at radius 1 is 0.829 bits per heavy atom. The van der Waals surface area contributed by atoms with Gasteiger partial charge in [0.25, 0.3) is 5.76 Å². The average molecular weight is 611 g/mol. The second-order valence-electron chi connectivity index (χ2n) is 9.22. The smallest absolute Gasteiger partial charge is 0.383 e. The summed E-state index contributed by atoms with van der Waals surface area (Å²) in [5, 5.41) is 0.660. The fraction of sp³-hybridized carbons (Fsp3) is 0.0938. The van der Waals surface area contributed by atoms with Crippen LogP contribution in [-0.4, -0.2) is 15.5 Å². The van der Waals surface area contributed by atoms with Crippen LogP contribution in [0.3, 0.4) is 0 Å². The summed E-state index contributed by atoms with van der Waals surface area (Å²) >= 11 is 3.42. The van der Waals surface area contributed by atoms with E-state index in [4.69, 9.17) is 18.6 Å². The molecule has 0 saturated heterocycles. The molecular formula is C32H23BrN2O6. The third-order valence-corrected chi connectivity index (χ3v) is 6.88. The van der Waals surface area contributed by atoms with Gasteiger partial charge in [-0.2, -0.15) is 4.98 Å². The molecule has 0 amide bonds. The number of furan rings is 1. The maximum Gasteiger partial charge on any atom is 0.383 e. The molecule has 0 N–H and O–H groups in total. The number of rotatable bonds is 9. The minimum absolute atomic E-state index is 0.0223. The number of ether oxygens (including phenoxy) is 3. The van der Waals surface area contributed by atoms with Crippen LogP contribution in [0.25, 0.3) is 22.4 Å². The lowest BCUT2D eigenvalue weighted by Crippen LogP contribution is -2.21. The van der Waals surface area contributed by atoms with Gasteiger partial charge in [0.2, 0.25) is 11.5 Å². The highest BCUT2D eigenvalue weighted by Gasteiger charge is 2.34. The molecule has 0 bridgehead atoms. The van der Waals surface area contributed by atoms with Crippen molar-refractivity contribution in [2.75, 3.05) is 0 Å². The van der Waals surface area contributed by atoms with Gasteiger partial charge >= 0.3 is 11.7 Å². The van der Waals surface area contributed by atoms with Crippen LogP contribution in [0.4, 0.5) is 0 Å². The molecule has 0 aliphatic carbocycles. The summed E-state index contributed by atoms with van der Waals surface area (Å²) in [6.45, 7) is 0.439. The van der Waals surface area contributed by atoms with E-state index in [0.29, 0.717) is 11.1 Å². The number of allylic oxidation sites excluding steroid dienone is 1. The highest BCUT2D eigenvalue weighted by Crippen LogP contribution is 2.30. The first-order valence-corrected chi connectivity index (χ1v) is 13.6. The SMILES string of the molecule is O=C1O/C(=C\Cn2cc3cc(-c4ccc(Br)cc4)oc3nc2=O)C(OCc2ccccc2)=C1OCc1ccccc1. The average Bonchev–Trinajstić information content (AvgIpc) is 3.54. The molecule has 9 heteroatoms. The van der Waals surface area contributed by atoms with Crippen LogP contribution in [0.2, 0.25) is 0 Å². The third-order valence-electron chi connectivity index (χ3n) is 6.35. The Labute approximate surface area is 243 Å². The molecule has 3 heterocycles. The number of hydrogen-bond donors (Lipinski definition) is 0. The molecule has 0 spiro atoms. The fourth-order valence-electron chi connectivity index (χ4n) is 4.27. The van der Waals surface area contributed by atoms with Gasteiger partial charge in [0.1, 0.15) is 19.0 Å². The summed E-state index contributed by atoms with van der Waals surface area (Å²) in [5.74, 6) is 0.262. The van der Waals surface area contributed by atoms with Crippen molar-refractivity contribution in [2.45, 2.75) is 19.8 Å². The van der Waals surface area contributed by atoms with E-state index in [-0.39, 0.29) is 42.7 Å². The number of esters is 1. The largest absolute Gasteiger partial charge is 0.481 e. The highest BCUT2D eigenvalue weighted by molar-refractivity contribution is 9.10. The van der Waals surface area contributed by atoms with E-state index >= 15 is 0 Å². The molecule has 3 aromatic carbocycles. The number of nitrogens with zero attached hydrogens (tertiary/aromatic N) is 2. The van der Waals surface area contributed by atoms with E-state index < -0.39 is 11.7 Å². The Kier molecular flexibility index (Phi) is 7.51. The van der Waals surface area contributed by atoms with Crippen LogP contribution in [0.1, 0.15) is 11.1 Å². The quantitative estimate of drug-likeness (QED) is 0.176. The van der Waals surface area contributed by atoms with Gasteiger partial charge in [0, 0.05) is 22.8 Å². The predicted octanol–water partition coefficient (Wildman–Crippen LogP) is 6.50. The van der Waals surface area contributed by atoms with E-state index in [2.05, 4.69) is 20.9 Å². The first-order valence-electron chi connectivity index (χ1n) is 12.8. The Morgan fingerprint density at radius 3 is 2.12 bits per heavy atom. The van der Waals surface area contributed by atoms with Crippen LogP contribution in [0.15, 0.2) is 134 Å². The van der Waals surface area contributed by atoms with Crippen LogP contribution in [-0.2, 0) is 38.8 Å². The van der Waals surface area contributed by atoms with Crippen molar-refractivity contribution in [3.05, 3.63) is 147 Å². The molecule has 0 saturated carbocycles. The van der Waals surface area contributed by atoms with E-state index in [9.17, 15) is 9.59 Å². The van der Waals surface area contributed by atoms with Crippen LogP contribution in [0, 0.1) is 0 Å². The van der Waals surface area contributed by atoms with Crippen molar-refractivity contribution in [2.24, 2.45) is 0 Å². The number of hydrogen-bond acceptors (Lipinski definition) is 7. The van der Waals surface area contributed by atoms with Gasteiger partial charge in [0.15, 0.2) is 5.76 Å². The first-order chi connectivity index (χ1) is 20.0. The number of aromatic nitrogens is 2. The van der Waals surface area contributed by atoms with Crippen LogP contribution < -0.4 is 5.69 Å². The van der Waals surface area contributed by atoms with Gasteiger partial charge in [-0.1, -0.05) is 88.7 Å². The fourth-order valence-corrected chi connectivity index (χ4v) is 4.53. The predicted molar refractivity (Wildman–Crippen MR) is 155 cm³/mol. The molecule has 6 rings (SSSR count). The molecule has 2 aromatic heterocycles. The molecule has 5 aromatic rings. The molecule has 0 radical (unpaired) electrons. The first kappa shape index (κ1) is 26.3. The Hall–Kier alpha value is -4.89. The lowest BCUT2D eigenvalue weighted by Gasteiger charge is -2.10. The molecule has 0 unspecified atom stereocenters. The zero-order valence-corrected chi connectivity index (χ0v) is 23.2. The maximum atomic E-state index is 12.8. The topological polar surface area (TPSA) is 92.8 Å². The van der Waals surface area contributed by atoms with Gasteiger partial charge in [-0.05, 0) is 35.4 Å². The molecule has 1 aliphatic rings. The summed E-state index contributed by atoms with van der Waals surface area (Å²) < 4.78 is 25.6. The van der Waals surface area contributed by atoms with Crippen molar-refractivity contribution in [3.8, 4) is 11.3 Å². The summed E-state index contributed by atoms with van der Waals surface area (Å²) in [5.41, 5.74) is 2.40. The van der Waals surface area contributed by atoms with Crippen molar-refractivity contribution >= 4 is 33.0 Å². The Morgan fingerprint density at radius 2 is 1.46 bits per heavy atom. The van der Waals surface area contributed by atoms with Gasteiger partial charge in [-0.3, -0.25) is 4.57 Å². The molecular weight excluding hydrogens is 588 g/mol. The van der Waals surface area contributed by atoms with E-state index in [1.165, 1.54) is 4.57 Å². The minimum Gasteiger partial charge on any atom is -0.481 e. The van der Waals surface area contributed by atoms with Gasteiger partial charge in [-0.25, -0.2) is 9.59 Å². The lowest BCUT2D eigenvalue weighted by molar-refractivity contribution is -0.136. The van der Waals surface area contributed by atoms with E-state index in [1.807, 2.05) is 91.0 Å². The number of fused-ring (bicyclic) bond motifs is 1. The highest BCUT2D eigenvalue weighted by atomic mass is 79.9. The summed E-state index contributed by atoms with van der Waals surface area (Å²) in [4.78, 5) is 29.7. The van der Waals surface area contributed by atoms with Crippen LogP contribution in [0.5, 0.6) is 0 Å². The second-order valence-corrected chi connectivity index (χ2v) is 10.1. The number of halogens is 1. The molecule has 0 atom stereocenters. The minimum atomic E-state index is -0.662. The monoisotopic (exact) mass is 610 g/mol. The number of carbonyl (C=O) groups excluding carboxylic acids is 1. The molecule has 8 nitrogen and oxygen atoms in total. The van der Waals surface area contributed by atoms with E-state index in [0.717, 1.165) is 21.2 Å². The van der Waals surface area contributed by atoms with Gasteiger partial charge in [0.05, 0.1) is 5.39 Å². The van der Waals surface area contributed by atoms with Crippen molar-refractivity contribution in [3.63, 3.8) is 0 Å². The molecule has 0 fully saturated rings. The molecule has 204 valence electrons. The number of benzene rings is 3. The van der Waals surface area contributed by atoms with Crippen molar-refractivity contribution in [1.82, 2.24) is 9.55 Å². The van der Waals surface area contributed by atoms with E-state index in [1.54, 1.807) is 12.3 Å². The normalized spacial score (nSPS) is 14.1. The van der Waals surface area contributed by atoms with Crippen LogP contribution >= 0.6 is 15.9 Å². The molecule has 1 aliphatic heterocycles. The zero-order chi connectivity index (χ0) is 28.2. The lowest BCUT2D eigenvalue weighted by atomic mass is 10.2. The second kappa shape index (κ2) is 11.7. The standard InChI is InChI=1S/C32H23BrN2O6/c33-25-13-11-23(12-14-25)27-17-24-18-35(32(37)34-30(24)40-27)16-15-26-28(38-19-21-7-3-1-4-8-21)29(31(36)41-26)39-20-22-9-5-2-6-10-22/h1-15,17-18H,16,19-20H2/b26-15-. The number of cyclic esters (lactones) is 1. The summed E-state index contributed by atoms with van der Waals surface area (Å²) in [6, 6.07) is 28.5. The van der Waals surface area contributed by atoms with Gasteiger partial charge in [-0.15, -0.1) is 0 Å². The summed E-state index contributed by atoms with van der Waals surface area (Å²) in [7, 11) is 0. The van der Waals surface area contributed by atoms with Crippen molar-refractivity contribution < 1.29 is 23.4 Å². The number of carbonyl (C=O) groups is 1. The molecule has 41 heavy (non-hydrogen) atoms.